The van der Waals surface area contributed by atoms with Crippen LogP contribution < -0.4 is 10.1 Å². The first kappa shape index (κ1) is 15.4. The number of anilines is 1. The van der Waals surface area contributed by atoms with E-state index in [9.17, 15) is 4.79 Å². The maximum Gasteiger partial charge on any atom is 0.237 e. The second-order valence-corrected chi connectivity index (χ2v) is 6.07. The molecule has 1 aromatic carbocycles. The lowest BCUT2D eigenvalue weighted by molar-refractivity contribution is -0.115. The van der Waals surface area contributed by atoms with Crippen molar-refractivity contribution in [3.8, 4) is 5.88 Å². The number of benzene rings is 1. The molecular weight excluding hydrogens is 284 g/mol. The van der Waals surface area contributed by atoms with E-state index >= 15 is 0 Å². The van der Waals surface area contributed by atoms with E-state index in [2.05, 4.69) is 10.3 Å². The van der Waals surface area contributed by atoms with E-state index in [1.807, 2.05) is 38.1 Å². The van der Waals surface area contributed by atoms with Crippen LogP contribution in [0.5, 0.6) is 5.88 Å². The minimum atomic E-state index is -0.185. The molecule has 0 radical (unpaired) electrons. The number of ether oxygens (including phenoxy) is 1. The molecule has 1 atom stereocenters. The number of hydrogen-bond acceptors (Lipinski definition) is 4. The van der Waals surface area contributed by atoms with Gasteiger partial charge >= 0.3 is 0 Å². The number of amides is 1. The summed E-state index contributed by atoms with van der Waals surface area (Å²) in [6, 6.07) is 11.6. The van der Waals surface area contributed by atoms with Crippen molar-refractivity contribution >= 4 is 23.4 Å². The molecule has 0 spiro atoms. The van der Waals surface area contributed by atoms with Crippen LogP contribution in [-0.2, 0) is 4.79 Å². The summed E-state index contributed by atoms with van der Waals surface area (Å²) in [6.07, 6.45) is 1.58. The summed E-state index contributed by atoms with van der Waals surface area (Å²) in [4.78, 5) is 17.3. The first-order valence-electron chi connectivity index (χ1n) is 6.62. The SMILES string of the molecule is COc1ccc(NC(=O)C(C)Sc2ccc(C)cc2)cn1. The Morgan fingerprint density at radius 2 is 1.95 bits per heavy atom. The quantitative estimate of drug-likeness (QED) is 0.859. The van der Waals surface area contributed by atoms with E-state index in [-0.39, 0.29) is 11.2 Å². The van der Waals surface area contributed by atoms with Crippen molar-refractivity contribution in [1.82, 2.24) is 4.98 Å². The number of carbonyl (C=O) groups is 1. The van der Waals surface area contributed by atoms with E-state index in [4.69, 9.17) is 4.74 Å². The van der Waals surface area contributed by atoms with Crippen molar-refractivity contribution in [3.05, 3.63) is 48.2 Å². The Balaban J connectivity index is 1.93. The van der Waals surface area contributed by atoms with Crippen LogP contribution >= 0.6 is 11.8 Å². The number of carbonyl (C=O) groups excluding carboxylic acids is 1. The van der Waals surface area contributed by atoms with Gasteiger partial charge in [-0.3, -0.25) is 4.79 Å². The monoisotopic (exact) mass is 302 g/mol. The fourth-order valence-electron chi connectivity index (χ4n) is 1.69. The van der Waals surface area contributed by atoms with Crippen molar-refractivity contribution < 1.29 is 9.53 Å². The van der Waals surface area contributed by atoms with Gasteiger partial charge in [0.2, 0.25) is 11.8 Å². The fourth-order valence-corrected chi connectivity index (χ4v) is 2.56. The van der Waals surface area contributed by atoms with Gasteiger partial charge in [-0.05, 0) is 32.0 Å². The van der Waals surface area contributed by atoms with Crippen LogP contribution in [0.1, 0.15) is 12.5 Å². The van der Waals surface area contributed by atoms with Crippen LogP contribution in [0.3, 0.4) is 0 Å². The molecule has 110 valence electrons. The Labute approximate surface area is 128 Å². The molecule has 0 fully saturated rings. The van der Waals surface area contributed by atoms with Crippen LogP contribution in [0.4, 0.5) is 5.69 Å². The summed E-state index contributed by atoms with van der Waals surface area (Å²) < 4.78 is 4.98. The van der Waals surface area contributed by atoms with Crippen molar-refractivity contribution in [2.24, 2.45) is 0 Å². The number of methoxy groups -OCH3 is 1. The molecule has 0 aliphatic heterocycles. The summed E-state index contributed by atoms with van der Waals surface area (Å²) in [5.74, 6) is 0.475. The van der Waals surface area contributed by atoms with Crippen LogP contribution in [0, 0.1) is 6.92 Å². The predicted octanol–water partition coefficient (Wildman–Crippen LogP) is 3.52. The van der Waals surface area contributed by atoms with E-state index in [0.29, 0.717) is 11.6 Å². The summed E-state index contributed by atoms with van der Waals surface area (Å²) in [7, 11) is 1.56. The van der Waals surface area contributed by atoms with Gasteiger partial charge in [0, 0.05) is 11.0 Å². The highest BCUT2D eigenvalue weighted by Gasteiger charge is 2.14. The first-order valence-corrected chi connectivity index (χ1v) is 7.50. The topological polar surface area (TPSA) is 51.2 Å². The predicted molar refractivity (Wildman–Crippen MR) is 85.9 cm³/mol. The van der Waals surface area contributed by atoms with Gasteiger partial charge in [0.1, 0.15) is 0 Å². The molecule has 0 aliphatic carbocycles. The number of nitrogens with zero attached hydrogens (tertiary/aromatic N) is 1. The van der Waals surface area contributed by atoms with Crippen LogP contribution in [-0.4, -0.2) is 23.3 Å². The van der Waals surface area contributed by atoms with E-state index < -0.39 is 0 Å². The van der Waals surface area contributed by atoms with Crippen LogP contribution in [0.2, 0.25) is 0 Å². The Morgan fingerprint density at radius 1 is 1.24 bits per heavy atom. The van der Waals surface area contributed by atoms with Crippen LogP contribution in [0.15, 0.2) is 47.5 Å². The molecule has 5 heteroatoms. The Kier molecular flexibility index (Phi) is 5.22. The maximum atomic E-state index is 12.1. The fraction of sp³-hybridized carbons (Fsp3) is 0.250. The molecule has 0 saturated heterocycles. The Bertz CT molecular complexity index is 597. The lowest BCUT2D eigenvalue weighted by atomic mass is 10.2. The third-order valence-corrected chi connectivity index (χ3v) is 4.03. The standard InChI is InChI=1S/C16H18N2O2S/c1-11-4-7-14(8-5-11)21-12(2)16(19)18-13-6-9-15(20-3)17-10-13/h4-10,12H,1-3H3,(H,18,19). The zero-order valence-corrected chi connectivity index (χ0v) is 13.1. The number of nitrogens with one attached hydrogen (secondary N) is 1. The zero-order chi connectivity index (χ0) is 15.2. The molecule has 0 saturated carbocycles. The number of aromatic nitrogens is 1. The Morgan fingerprint density at radius 3 is 2.52 bits per heavy atom. The molecule has 0 bridgehead atoms. The number of pyridine rings is 1. The highest BCUT2D eigenvalue weighted by Crippen LogP contribution is 2.24. The molecule has 21 heavy (non-hydrogen) atoms. The second kappa shape index (κ2) is 7.13. The van der Waals surface area contributed by atoms with Gasteiger partial charge in [0.15, 0.2) is 0 Å². The molecule has 1 unspecified atom stereocenters. The van der Waals surface area contributed by atoms with Gasteiger partial charge in [0.05, 0.1) is 24.2 Å². The third-order valence-electron chi connectivity index (χ3n) is 2.92. The van der Waals surface area contributed by atoms with Crippen molar-refractivity contribution in [2.75, 3.05) is 12.4 Å². The van der Waals surface area contributed by atoms with E-state index in [1.54, 1.807) is 25.4 Å². The minimum absolute atomic E-state index is 0.0486. The maximum absolute atomic E-state index is 12.1. The number of rotatable bonds is 5. The lowest BCUT2D eigenvalue weighted by Gasteiger charge is -2.12. The highest BCUT2D eigenvalue weighted by molar-refractivity contribution is 8.00. The molecular formula is C16H18N2O2S. The zero-order valence-electron chi connectivity index (χ0n) is 12.3. The average Bonchev–Trinajstić information content (AvgIpc) is 2.50. The Hall–Kier alpha value is -2.01. The van der Waals surface area contributed by atoms with Crippen molar-refractivity contribution in [2.45, 2.75) is 24.0 Å². The third kappa shape index (κ3) is 4.49. The first-order chi connectivity index (χ1) is 10.1. The van der Waals surface area contributed by atoms with E-state index in [1.165, 1.54) is 17.3 Å². The largest absolute Gasteiger partial charge is 0.481 e. The molecule has 4 nitrogen and oxygen atoms in total. The average molecular weight is 302 g/mol. The van der Waals surface area contributed by atoms with Crippen molar-refractivity contribution in [1.29, 1.82) is 0 Å². The van der Waals surface area contributed by atoms with Gasteiger partial charge in [-0.15, -0.1) is 11.8 Å². The van der Waals surface area contributed by atoms with Crippen LogP contribution in [0.25, 0.3) is 0 Å². The number of hydrogen-bond donors (Lipinski definition) is 1. The van der Waals surface area contributed by atoms with Gasteiger partial charge in [-0.25, -0.2) is 4.98 Å². The minimum Gasteiger partial charge on any atom is -0.481 e. The molecule has 1 N–H and O–H groups in total. The molecule has 0 aliphatic rings. The highest BCUT2D eigenvalue weighted by atomic mass is 32.2. The summed E-state index contributed by atoms with van der Waals surface area (Å²) in [5.41, 5.74) is 1.87. The van der Waals surface area contributed by atoms with Gasteiger partial charge < -0.3 is 10.1 Å². The smallest absolute Gasteiger partial charge is 0.237 e. The van der Waals surface area contributed by atoms with E-state index in [0.717, 1.165) is 4.90 Å². The molecule has 2 rings (SSSR count). The summed E-state index contributed by atoms with van der Waals surface area (Å²) >= 11 is 1.53. The van der Waals surface area contributed by atoms with Gasteiger partial charge in [0.25, 0.3) is 0 Å². The second-order valence-electron chi connectivity index (χ2n) is 4.65. The number of aryl methyl sites for hydroxylation is 1. The van der Waals surface area contributed by atoms with Gasteiger partial charge in [-0.2, -0.15) is 0 Å². The lowest BCUT2D eigenvalue weighted by Crippen LogP contribution is -2.22. The van der Waals surface area contributed by atoms with Gasteiger partial charge in [-0.1, -0.05) is 17.7 Å². The van der Waals surface area contributed by atoms with Crippen molar-refractivity contribution in [3.63, 3.8) is 0 Å². The molecule has 1 amide bonds. The number of thioether (sulfide) groups is 1. The molecule has 1 aromatic heterocycles. The molecule has 2 aromatic rings. The summed E-state index contributed by atoms with van der Waals surface area (Å²) in [5, 5.41) is 2.66. The normalized spacial score (nSPS) is 11.8. The molecule has 1 heterocycles. The summed E-state index contributed by atoms with van der Waals surface area (Å²) in [6.45, 7) is 3.93.